The first kappa shape index (κ1) is 17.6. The summed E-state index contributed by atoms with van der Waals surface area (Å²) >= 11 is 11.7. The summed E-state index contributed by atoms with van der Waals surface area (Å²) in [5, 5.41) is 5.99. The molecule has 1 aliphatic heterocycles. The molecule has 1 saturated heterocycles. The molecular formula is C15H17Cl2N3O3. The Kier molecular flexibility index (Phi) is 5.16. The second-order valence-electron chi connectivity index (χ2n) is 5.32. The quantitative estimate of drug-likeness (QED) is 0.794. The van der Waals surface area contributed by atoms with Gasteiger partial charge in [0.05, 0.1) is 0 Å². The summed E-state index contributed by atoms with van der Waals surface area (Å²) in [5.41, 5.74) is -0.520. The smallest absolute Gasteiger partial charge is 0.324 e. The Morgan fingerprint density at radius 1 is 1.17 bits per heavy atom. The molecule has 0 saturated carbocycles. The molecule has 2 N–H and O–H groups in total. The molecule has 2 rings (SSSR count). The number of nitrogens with one attached hydrogen (secondary N) is 2. The van der Waals surface area contributed by atoms with Gasteiger partial charge >= 0.3 is 6.03 Å². The number of hydrogen-bond donors (Lipinski definition) is 2. The van der Waals surface area contributed by atoms with Crippen molar-refractivity contribution in [2.75, 3.05) is 11.9 Å². The second kappa shape index (κ2) is 6.76. The lowest BCUT2D eigenvalue weighted by atomic mass is 9.93. The molecule has 0 aromatic heterocycles. The van der Waals surface area contributed by atoms with E-state index >= 15 is 0 Å². The average molecular weight is 358 g/mol. The van der Waals surface area contributed by atoms with Crippen molar-refractivity contribution in [3.05, 3.63) is 28.2 Å². The fraction of sp³-hybridized carbons (Fsp3) is 0.400. The highest BCUT2D eigenvalue weighted by Gasteiger charge is 2.49. The van der Waals surface area contributed by atoms with Crippen LogP contribution in [0.2, 0.25) is 10.0 Å². The summed E-state index contributed by atoms with van der Waals surface area (Å²) in [6, 6.07) is 4.03. The van der Waals surface area contributed by atoms with Crippen molar-refractivity contribution >= 4 is 46.7 Å². The van der Waals surface area contributed by atoms with Gasteiger partial charge in [-0.2, -0.15) is 0 Å². The van der Waals surface area contributed by atoms with Gasteiger partial charge in [0.15, 0.2) is 0 Å². The van der Waals surface area contributed by atoms with Crippen LogP contribution in [0.4, 0.5) is 10.5 Å². The summed E-state index contributed by atoms with van der Waals surface area (Å²) < 4.78 is 0. The molecule has 0 atom stereocenters. The Morgan fingerprint density at radius 2 is 1.74 bits per heavy atom. The van der Waals surface area contributed by atoms with Gasteiger partial charge in [0, 0.05) is 15.7 Å². The minimum absolute atomic E-state index is 0.365. The zero-order chi connectivity index (χ0) is 17.2. The topological polar surface area (TPSA) is 78.5 Å². The lowest BCUT2D eigenvalue weighted by molar-refractivity contribution is -0.134. The Balaban J connectivity index is 2.08. The number of hydrogen-bond acceptors (Lipinski definition) is 3. The van der Waals surface area contributed by atoms with E-state index in [0.29, 0.717) is 28.6 Å². The van der Waals surface area contributed by atoms with E-state index in [4.69, 9.17) is 23.2 Å². The fourth-order valence-corrected chi connectivity index (χ4v) is 3.05. The molecule has 1 heterocycles. The van der Waals surface area contributed by atoms with Crippen molar-refractivity contribution in [1.29, 1.82) is 0 Å². The van der Waals surface area contributed by atoms with E-state index in [1.165, 1.54) is 18.2 Å². The maximum absolute atomic E-state index is 12.4. The summed E-state index contributed by atoms with van der Waals surface area (Å²) in [6.45, 7) is 3.27. The number of rotatable bonds is 5. The predicted molar refractivity (Wildman–Crippen MR) is 88.6 cm³/mol. The van der Waals surface area contributed by atoms with Gasteiger partial charge in [0.2, 0.25) is 5.91 Å². The van der Waals surface area contributed by atoms with Crippen molar-refractivity contribution in [3.8, 4) is 0 Å². The van der Waals surface area contributed by atoms with Crippen LogP contribution < -0.4 is 10.6 Å². The number of benzene rings is 1. The zero-order valence-corrected chi connectivity index (χ0v) is 14.3. The molecule has 6 nitrogen and oxygen atoms in total. The van der Waals surface area contributed by atoms with E-state index in [2.05, 4.69) is 10.6 Å². The number of halogens is 2. The molecule has 4 amide bonds. The molecule has 0 aliphatic carbocycles. The normalized spacial score (nSPS) is 16.4. The second-order valence-corrected chi connectivity index (χ2v) is 6.19. The molecule has 0 unspecified atom stereocenters. The molecule has 1 fully saturated rings. The molecular weight excluding hydrogens is 341 g/mol. The van der Waals surface area contributed by atoms with Crippen molar-refractivity contribution in [2.45, 2.75) is 32.2 Å². The summed E-state index contributed by atoms with van der Waals surface area (Å²) in [4.78, 5) is 37.4. The number of carbonyl (C=O) groups is 3. The van der Waals surface area contributed by atoms with Gasteiger partial charge in [-0.15, -0.1) is 0 Å². The average Bonchev–Trinajstić information content (AvgIpc) is 2.71. The molecule has 1 aliphatic rings. The first-order chi connectivity index (χ1) is 10.8. The maximum atomic E-state index is 12.4. The lowest BCUT2D eigenvalue weighted by Gasteiger charge is -2.23. The Bertz CT molecular complexity index is 639. The van der Waals surface area contributed by atoms with E-state index in [1.54, 1.807) is 0 Å². The highest BCUT2D eigenvalue weighted by molar-refractivity contribution is 6.35. The van der Waals surface area contributed by atoms with Crippen molar-refractivity contribution in [3.63, 3.8) is 0 Å². The van der Waals surface area contributed by atoms with Gasteiger partial charge < -0.3 is 10.6 Å². The summed E-state index contributed by atoms with van der Waals surface area (Å²) in [5.74, 6) is -0.887. The van der Waals surface area contributed by atoms with Crippen LogP contribution >= 0.6 is 23.2 Å². The van der Waals surface area contributed by atoms with Gasteiger partial charge in [-0.3, -0.25) is 14.5 Å². The Labute approximate surface area is 144 Å². The number of anilines is 1. The SMILES string of the molecule is CCC1(CC)NC(=O)N(CC(=O)Nc2cc(Cl)cc(Cl)c2)C1=O. The van der Waals surface area contributed by atoms with Crippen LogP contribution in [0, 0.1) is 0 Å². The first-order valence-electron chi connectivity index (χ1n) is 7.21. The fourth-order valence-electron chi connectivity index (χ4n) is 2.52. The third-order valence-electron chi connectivity index (χ3n) is 3.90. The standard InChI is InChI=1S/C15H17Cl2N3O3/c1-3-15(4-2)13(22)20(14(23)19-15)8-12(21)18-11-6-9(16)5-10(17)7-11/h5-7H,3-4,8H2,1-2H3,(H,18,21)(H,19,23). The first-order valence-corrected chi connectivity index (χ1v) is 7.97. The van der Waals surface area contributed by atoms with Crippen molar-refractivity contribution in [2.24, 2.45) is 0 Å². The minimum atomic E-state index is -0.920. The molecule has 0 bridgehead atoms. The van der Waals surface area contributed by atoms with Gasteiger partial charge in [-0.05, 0) is 31.0 Å². The number of carbonyl (C=O) groups excluding carboxylic acids is 3. The van der Waals surface area contributed by atoms with Crippen LogP contribution in [0.5, 0.6) is 0 Å². The highest BCUT2D eigenvalue weighted by Crippen LogP contribution is 2.25. The Hall–Kier alpha value is -1.79. The van der Waals surface area contributed by atoms with Crippen LogP contribution in [-0.2, 0) is 9.59 Å². The molecule has 23 heavy (non-hydrogen) atoms. The van der Waals surface area contributed by atoms with Crippen LogP contribution in [0.25, 0.3) is 0 Å². The predicted octanol–water partition coefficient (Wildman–Crippen LogP) is 3.04. The molecule has 1 aromatic carbocycles. The number of urea groups is 1. The lowest BCUT2D eigenvalue weighted by Crippen LogP contribution is -2.46. The largest absolute Gasteiger partial charge is 0.325 e. The number of nitrogens with zero attached hydrogens (tertiary/aromatic N) is 1. The van der Waals surface area contributed by atoms with Gasteiger partial charge in [0.1, 0.15) is 12.1 Å². The summed E-state index contributed by atoms with van der Waals surface area (Å²) in [6.07, 6.45) is 0.937. The van der Waals surface area contributed by atoms with E-state index < -0.39 is 17.5 Å². The molecule has 8 heteroatoms. The molecule has 124 valence electrons. The maximum Gasteiger partial charge on any atom is 0.325 e. The molecule has 0 radical (unpaired) electrons. The van der Waals surface area contributed by atoms with Gasteiger partial charge in [-0.1, -0.05) is 37.0 Å². The van der Waals surface area contributed by atoms with Crippen LogP contribution in [0.3, 0.4) is 0 Å². The van der Waals surface area contributed by atoms with Gasteiger partial charge in [-0.25, -0.2) is 4.79 Å². The van der Waals surface area contributed by atoms with Crippen LogP contribution in [0.1, 0.15) is 26.7 Å². The van der Waals surface area contributed by atoms with Crippen LogP contribution in [-0.4, -0.2) is 34.8 Å². The third-order valence-corrected chi connectivity index (χ3v) is 4.34. The minimum Gasteiger partial charge on any atom is -0.324 e. The van der Waals surface area contributed by atoms with E-state index in [1.807, 2.05) is 13.8 Å². The molecule has 1 aromatic rings. The number of imide groups is 1. The monoisotopic (exact) mass is 357 g/mol. The Morgan fingerprint density at radius 3 is 2.22 bits per heavy atom. The highest BCUT2D eigenvalue weighted by atomic mass is 35.5. The van der Waals surface area contributed by atoms with E-state index in [-0.39, 0.29) is 12.5 Å². The van der Waals surface area contributed by atoms with Crippen molar-refractivity contribution < 1.29 is 14.4 Å². The van der Waals surface area contributed by atoms with E-state index in [0.717, 1.165) is 4.90 Å². The number of amides is 4. The molecule has 0 spiro atoms. The van der Waals surface area contributed by atoms with E-state index in [9.17, 15) is 14.4 Å². The third kappa shape index (κ3) is 3.59. The zero-order valence-electron chi connectivity index (χ0n) is 12.8. The van der Waals surface area contributed by atoms with Crippen LogP contribution in [0.15, 0.2) is 18.2 Å². The van der Waals surface area contributed by atoms with Gasteiger partial charge in [0.25, 0.3) is 5.91 Å². The summed E-state index contributed by atoms with van der Waals surface area (Å²) in [7, 11) is 0. The van der Waals surface area contributed by atoms with Crippen molar-refractivity contribution in [1.82, 2.24) is 10.2 Å².